The summed E-state index contributed by atoms with van der Waals surface area (Å²) in [6.45, 7) is 4.53. The summed E-state index contributed by atoms with van der Waals surface area (Å²) in [6, 6.07) is 5.59. The highest BCUT2D eigenvalue weighted by atomic mass is 32.2. The minimum absolute atomic E-state index is 0.139. The van der Waals surface area contributed by atoms with Crippen LogP contribution in [0.1, 0.15) is 37.6 Å². The van der Waals surface area contributed by atoms with E-state index in [4.69, 9.17) is 4.74 Å². The van der Waals surface area contributed by atoms with Gasteiger partial charge in [0, 0.05) is 18.7 Å². The molecule has 0 N–H and O–H groups in total. The number of hydrogen-bond donors (Lipinski definition) is 0. The molecule has 0 spiro atoms. The van der Waals surface area contributed by atoms with E-state index in [2.05, 4.69) is 0 Å². The highest BCUT2D eigenvalue weighted by molar-refractivity contribution is 7.90. The minimum Gasteiger partial charge on any atom is -0.451 e. The number of sulfone groups is 1. The lowest BCUT2D eigenvalue weighted by molar-refractivity contribution is -0.151. The summed E-state index contributed by atoms with van der Waals surface area (Å²) in [5.74, 6) is -0.884. The van der Waals surface area contributed by atoms with Crippen molar-refractivity contribution in [2.45, 2.75) is 37.7 Å². The number of hydrogen-bond acceptors (Lipinski definition) is 5. The molecule has 0 saturated carbocycles. The highest BCUT2D eigenvalue weighted by Crippen LogP contribution is 2.23. The molecule has 0 amide bonds. The lowest BCUT2D eigenvalue weighted by Crippen LogP contribution is -2.39. The Balaban J connectivity index is 3.11. The molecule has 1 rings (SSSR count). The number of ether oxygens (including phenoxy) is 1. The van der Waals surface area contributed by atoms with Crippen molar-refractivity contribution in [3.63, 3.8) is 0 Å². The van der Waals surface area contributed by atoms with E-state index in [1.807, 2.05) is 0 Å². The number of benzene rings is 1. The first-order chi connectivity index (χ1) is 9.10. The van der Waals surface area contributed by atoms with Crippen molar-refractivity contribution >= 4 is 21.6 Å². The zero-order valence-electron chi connectivity index (χ0n) is 12.0. The molecule has 0 heterocycles. The Labute approximate surface area is 118 Å². The molecular weight excluding hydrogens is 280 g/mol. The number of ketones is 1. The van der Waals surface area contributed by atoms with Gasteiger partial charge in [0.1, 0.15) is 0 Å². The van der Waals surface area contributed by atoms with Crippen molar-refractivity contribution in [2.75, 3.05) is 6.26 Å². The lowest BCUT2D eigenvalue weighted by Gasteiger charge is -2.26. The average Bonchev–Trinajstić information content (AvgIpc) is 2.36. The summed E-state index contributed by atoms with van der Waals surface area (Å²) >= 11 is 0. The molecular formula is C14H18O5S. The fourth-order valence-corrected chi connectivity index (χ4v) is 2.39. The molecule has 0 bridgehead atoms. The zero-order chi connectivity index (χ0) is 15.6. The Morgan fingerprint density at radius 2 is 1.70 bits per heavy atom. The average molecular weight is 298 g/mol. The number of carbonyl (C=O) groups is 2. The first-order valence-electron chi connectivity index (χ1n) is 6.14. The van der Waals surface area contributed by atoms with E-state index in [-0.39, 0.29) is 10.7 Å². The van der Waals surface area contributed by atoms with Crippen LogP contribution in [0.4, 0.5) is 0 Å². The smallest absolute Gasteiger partial charge is 0.303 e. The van der Waals surface area contributed by atoms with Gasteiger partial charge in [0.2, 0.25) is 5.78 Å². The monoisotopic (exact) mass is 298 g/mol. The van der Waals surface area contributed by atoms with Crippen LogP contribution in [0.25, 0.3) is 0 Å². The van der Waals surface area contributed by atoms with Crippen LogP contribution < -0.4 is 0 Å². The van der Waals surface area contributed by atoms with E-state index in [1.165, 1.54) is 31.2 Å². The predicted octanol–water partition coefficient (Wildman–Crippen LogP) is 2.00. The maximum atomic E-state index is 12.4. The molecule has 0 fully saturated rings. The van der Waals surface area contributed by atoms with Crippen LogP contribution >= 0.6 is 0 Å². The third-order valence-electron chi connectivity index (χ3n) is 3.07. The fourth-order valence-electron chi connectivity index (χ4n) is 1.76. The molecule has 1 unspecified atom stereocenters. The normalized spacial score (nSPS) is 14.4. The summed E-state index contributed by atoms with van der Waals surface area (Å²) in [7, 11) is -3.30. The second kappa shape index (κ2) is 5.75. The largest absolute Gasteiger partial charge is 0.451 e. The van der Waals surface area contributed by atoms with Gasteiger partial charge in [-0.1, -0.05) is 6.92 Å². The molecule has 6 heteroatoms. The fraction of sp³-hybridized carbons (Fsp3) is 0.429. The number of carbonyl (C=O) groups excluding carboxylic acids is 2. The second-order valence-electron chi connectivity index (χ2n) is 4.80. The minimum atomic E-state index is -3.30. The topological polar surface area (TPSA) is 77.5 Å². The van der Waals surface area contributed by atoms with E-state index in [9.17, 15) is 18.0 Å². The van der Waals surface area contributed by atoms with E-state index < -0.39 is 21.4 Å². The van der Waals surface area contributed by atoms with Crippen LogP contribution in [-0.4, -0.2) is 32.0 Å². The Kier molecular flexibility index (Phi) is 4.70. The van der Waals surface area contributed by atoms with Crippen LogP contribution in [0.5, 0.6) is 0 Å². The molecule has 0 radical (unpaired) electrons. The Morgan fingerprint density at radius 1 is 1.20 bits per heavy atom. The molecule has 1 aromatic carbocycles. The van der Waals surface area contributed by atoms with Crippen molar-refractivity contribution in [1.29, 1.82) is 0 Å². The van der Waals surface area contributed by atoms with E-state index in [0.29, 0.717) is 12.0 Å². The van der Waals surface area contributed by atoms with Gasteiger partial charge in [-0.25, -0.2) is 8.42 Å². The molecule has 20 heavy (non-hydrogen) atoms. The highest BCUT2D eigenvalue weighted by Gasteiger charge is 2.35. The molecule has 1 aromatic rings. The lowest BCUT2D eigenvalue weighted by atomic mass is 9.92. The van der Waals surface area contributed by atoms with Gasteiger partial charge in [-0.3, -0.25) is 9.59 Å². The molecule has 0 aliphatic heterocycles. The Hall–Kier alpha value is -1.69. The maximum Gasteiger partial charge on any atom is 0.303 e. The molecule has 0 aromatic heterocycles. The summed E-state index contributed by atoms with van der Waals surface area (Å²) in [6.07, 6.45) is 1.43. The van der Waals surface area contributed by atoms with Gasteiger partial charge in [-0.15, -0.1) is 0 Å². The third kappa shape index (κ3) is 3.66. The Bertz CT molecular complexity index is 615. The second-order valence-corrected chi connectivity index (χ2v) is 6.82. The molecule has 0 aliphatic rings. The maximum absolute atomic E-state index is 12.4. The van der Waals surface area contributed by atoms with Crippen molar-refractivity contribution < 1.29 is 22.7 Å². The van der Waals surface area contributed by atoms with Crippen LogP contribution in [-0.2, 0) is 19.4 Å². The van der Waals surface area contributed by atoms with Crippen LogP contribution in [0.3, 0.4) is 0 Å². The summed E-state index contributed by atoms with van der Waals surface area (Å²) < 4.78 is 27.8. The summed E-state index contributed by atoms with van der Waals surface area (Å²) in [5.41, 5.74) is -0.929. The summed E-state index contributed by atoms with van der Waals surface area (Å²) in [5, 5.41) is 0. The first-order valence-corrected chi connectivity index (χ1v) is 8.04. The van der Waals surface area contributed by atoms with Crippen molar-refractivity contribution in [1.82, 2.24) is 0 Å². The van der Waals surface area contributed by atoms with Gasteiger partial charge in [-0.2, -0.15) is 0 Å². The van der Waals surface area contributed by atoms with Crippen LogP contribution in [0.15, 0.2) is 29.2 Å². The summed E-state index contributed by atoms with van der Waals surface area (Å²) in [4.78, 5) is 23.6. The van der Waals surface area contributed by atoms with Crippen molar-refractivity contribution in [3.8, 4) is 0 Å². The van der Waals surface area contributed by atoms with E-state index in [0.717, 1.165) is 6.26 Å². The Morgan fingerprint density at radius 3 is 2.05 bits per heavy atom. The van der Waals surface area contributed by atoms with Crippen molar-refractivity contribution in [3.05, 3.63) is 29.8 Å². The molecule has 110 valence electrons. The predicted molar refractivity (Wildman–Crippen MR) is 74.3 cm³/mol. The van der Waals surface area contributed by atoms with Gasteiger partial charge in [-0.05, 0) is 37.6 Å². The third-order valence-corrected chi connectivity index (χ3v) is 4.20. The standard InChI is InChI=1S/C14H18O5S/c1-5-14(3,19-10(2)15)13(16)11-6-8-12(9-7-11)20(4,17)18/h6-9H,5H2,1-4H3. The van der Waals surface area contributed by atoms with Gasteiger partial charge < -0.3 is 4.74 Å². The van der Waals surface area contributed by atoms with Gasteiger partial charge in [0.15, 0.2) is 15.4 Å². The molecule has 0 saturated heterocycles. The van der Waals surface area contributed by atoms with E-state index in [1.54, 1.807) is 13.8 Å². The van der Waals surface area contributed by atoms with Gasteiger partial charge in [0.25, 0.3) is 0 Å². The van der Waals surface area contributed by atoms with Gasteiger partial charge in [0.05, 0.1) is 4.90 Å². The quantitative estimate of drug-likeness (QED) is 0.614. The number of Topliss-reactive ketones (excluding diaryl/α,β-unsaturated/α-hetero) is 1. The van der Waals surface area contributed by atoms with Gasteiger partial charge >= 0.3 is 5.97 Å². The molecule has 0 aliphatic carbocycles. The molecule has 1 atom stereocenters. The molecule has 5 nitrogen and oxygen atoms in total. The SMILES string of the molecule is CCC(C)(OC(C)=O)C(=O)c1ccc(S(C)(=O)=O)cc1. The first kappa shape index (κ1) is 16.4. The van der Waals surface area contributed by atoms with E-state index >= 15 is 0 Å². The van der Waals surface area contributed by atoms with Crippen molar-refractivity contribution in [2.24, 2.45) is 0 Å². The number of esters is 1. The van der Waals surface area contributed by atoms with Crippen LogP contribution in [0, 0.1) is 0 Å². The number of rotatable bonds is 5. The zero-order valence-corrected chi connectivity index (χ0v) is 12.8. The van der Waals surface area contributed by atoms with Crippen LogP contribution in [0.2, 0.25) is 0 Å².